The van der Waals surface area contributed by atoms with E-state index in [-0.39, 0.29) is 0 Å². The van der Waals surface area contributed by atoms with Crippen molar-refractivity contribution in [2.24, 2.45) is 5.73 Å². The van der Waals surface area contributed by atoms with Crippen molar-refractivity contribution in [2.75, 3.05) is 0 Å². The van der Waals surface area contributed by atoms with Crippen LogP contribution < -0.4 is 5.73 Å². The van der Waals surface area contributed by atoms with Crippen LogP contribution in [0.2, 0.25) is 0 Å². The molecule has 1 aromatic carbocycles. The maximum atomic E-state index is 11.3. The zero-order chi connectivity index (χ0) is 17.8. The molecular formula is C21H20N2O2. The number of nitrogens with zero attached hydrogens (tertiary/aromatic N) is 1. The lowest BCUT2D eigenvalue weighted by atomic mass is 9.99. The molecule has 0 saturated carbocycles. The van der Waals surface area contributed by atoms with Crippen LogP contribution in [0.25, 0.3) is 28.2 Å². The molecule has 4 nitrogen and oxygen atoms in total. The van der Waals surface area contributed by atoms with Crippen LogP contribution in [0.1, 0.15) is 36.3 Å². The van der Waals surface area contributed by atoms with E-state index in [0.717, 1.165) is 34.7 Å². The first-order valence-electron chi connectivity index (χ1n) is 8.24. The number of carbonyl (C=O) groups excluding carboxylic acids is 1. The molecule has 3 rings (SSSR count). The third kappa shape index (κ3) is 3.53. The summed E-state index contributed by atoms with van der Waals surface area (Å²) in [6.07, 6.45) is 4.61. The third-order valence-corrected chi connectivity index (χ3v) is 4.16. The van der Waals surface area contributed by atoms with Crippen LogP contribution in [0.4, 0.5) is 0 Å². The SMILES string of the molecule is C/C=C(\CC)c1cc(-c2ccc(C(N)=O)cc2)cc(-c2ccco2)n1. The van der Waals surface area contributed by atoms with Gasteiger partial charge in [0.2, 0.25) is 5.91 Å². The summed E-state index contributed by atoms with van der Waals surface area (Å²) in [6, 6.07) is 15.1. The Kier molecular flexibility index (Phi) is 4.80. The van der Waals surface area contributed by atoms with Gasteiger partial charge in [-0.2, -0.15) is 0 Å². The minimum atomic E-state index is -0.430. The molecule has 2 aromatic heterocycles. The van der Waals surface area contributed by atoms with E-state index in [1.54, 1.807) is 18.4 Å². The fourth-order valence-electron chi connectivity index (χ4n) is 2.77. The molecule has 2 heterocycles. The van der Waals surface area contributed by atoms with Crippen molar-refractivity contribution < 1.29 is 9.21 Å². The summed E-state index contributed by atoms with van der Waals surface area (Å²) in [5.74, 6) is 0.295. The molecule has 25 heavy (non-hydrogen) atoms. The fourth-order valence-corrected chi connectivity index (χ4v) is 2.77. The van der Waals surface area contributed by atoms with Crippen molar-refractivity contribution in [3.05, 3.63) is 72.1 Å². The van der Waals surface area contributed by atoms with Crippen molar-refractivity contribution in [3.63, 3.8) is 0 Å². The second-order valence-electron chi connectivity index (χ2n) is 5.71. The Morgan fingerprint density at radius 1 is 1.16 bits per heavy atom. The molecule has 0 spiro atoms. The molecule has 0 unspecified atom stereocenters. The molecule has 0 fully saturated rings. The van der Waals surface area contributed by atoms with Crippen LogP contribution in [0.15, 0.2) is 65.3 Å². The van der Waals surface area contributed by atoms with E-state index in [1.165, 1.54) is 5.57 Å². The van der Waals surface area contributed by atoms with E-state index in [4.69, 9.17) is 15.1 Å². The van der Waals surface area contributed by atoms with Gasteiger partial charge in [-0.15, -0.1) is 0 Å². The van der Waals surface area contributed by atoms with Crippen LogP contribution in [0, 0.1) is 0 Å². The average molecular weight is 332 g/mol. The molecule has 1 amide bonds. The van der Waals surface area contributed by atoms with Gasteiger partial charge < -0.3 is 10.2 Å². The highest BCUT2D eigenvalue weighted by atomic mass is 16.3. The molecule has 2 N–H and O–H groups in total. The molecular weight excluding hydrogens is 312 g/mol. The van der Waals surface area contributed by atoms with E-state index in [2.05, 4.69) is 19.1 Å². The number of hydrogen-bond donors (Lipinski definition) is 1. The van der Waals surface area contributed by atoms with Crippen LogP contribution in [-0.4, -0.2) is 10.9 Å². The first-order chi connectivity index (χ1) is 12.1. The number of pyridine rings is 1. The van der Waals surface area contributed by atoms with E-state index < -0.39 is 5.91 Å². The molecule has 0 aliphatic heterocycles. The molecule has 4 heteroatoms. The molecule has 0 aliphatic rings. The van der Waals surface area contributed by atoms with E-state index in [0.29, 0.717) is 5.56 Å². The van der Waals surface area contributed by atoms with Crippen molar-refractivity contribution in [1.29, 1.82) is 0 Å². The number of hydrogen-bond acceptors (Lipinski definition) is 3. The fraction of sp³-hybridized carbons (Fsp3) is 0.143. The van der Waals surface area contributed by atoms with E-state index in [9.17, 15) is 4.79 Å². The Morgan fingerprint density at radius 2 is 1.92 bits per heavy atom. The van der Waals surface area contributed by atoms with Gasteiger partial charge in [-0.25, -0.2) is 4.98 Å². The number of allylic oxidation sites excluding steroid dienone is 2. The van der Waals surface area contributed by atoms with Gasteiger partial charge in [-0.05, 0) is 66.4 Å². The van der Waals surface area contributed by atoms with Gasteiger partial charge in [-0.1, -0.05) is 25.1 Å². The zero-order valence-corrected chi connectivity index (χ0v) is 14.3. The highest BCUT2D eigenvalue weighted by molar-refractivity contribution is 5.93. The highest BCUT2D eigenvalue weighted by Crippen LogP contribution is 2.29. The Labute approximate surface area is 147 Å². The van der Waals surface area contributed by atoms with Gasteiger partial charge in [0.05, 0.1) is 12.0 Å². The number of rotatable bonds is 5. The molecule has 0 aliphatic carbocycles. The zero-order valence-electron chi connectivity index (χ0n) is 14.3. The van der Waals surface area contributed by atoms with Crippen molar-refractivity contribution >= 4 is 11.5 Å². The second-order valence-corrected chi connectivity index (χ2v) is 5.71. The third-order valence-electron chi connectivity index (χ3n) is 4.16. The maximum absolute atomic E-state index is 11.3. The lowest BCUT2D eigenvalue weighted by Crippen LogP contribution is -2.10. The summed E-state index contributed by atoms with van der Waals surface area (Å²) < 4.78 is 5.52. The highest BCUT2D eigenvalue weighted by Gasteiger charge is 2.11. The predicted molar refractivity (Wildman–Crippen MR) is 99.8 cm³/mol. The monoisotopic (exact) mass is 332 g/mol. The number of amides is 1. The Morgan fingerprint density at radius 3 is 2.48 bits per heavy atom. The topological polar surface area (TPSA) is 69.1 Å². The molecule has 0 saturated heterocycles. The van der Waals surface area contributed by atoms with Crippen molar-refractivity contribution in [1.82, 2.24) is 4.98 Å². The Balaban J connectivity index is 2.13. The Bertz CT molecular complexity index is 908. The smallest absolute Gasteiger partial charge is 0.248 e. The first kappa shape index (κ1) is 16.7. The maximum Gasteiger partial charge on any atom is 0.248 e. The lowest BCUT2D eigenvalue weighted by molar-refractivity contribution is 0.100. The number of benzene rings is 1. The summed E-state index contributed by atoms with van der Waals surface area (Å²) in [6.45, 7) is 4.12. The van der Waals surface area contributed by atoms with Gasteiger partial charge >= 0.3 is 0 Å². The minimum Gasteiger partial charge on any atom is -0.463 e. The normalized spacial score (nSPS) is 11.5. The van der Waals surface area contributed by atoms with Gasteiger partial charge in [0.25, 0.3) is 0 Å². The molecule has 3 aromatic rings. The summed E-state index contributed by atoms with van der Waals surface area (Å²) >= 11 is 0. The van der Waals surface area contributed by atoms with E-state index >= 15 is 0 Å². The second kappa shape index (κ2) is 7.18. The van der Waals surface area contributed by atoms with Crippen LogP contribution in [0.5, 0.6) is 0 Å². The van der Waals surface area contributed by atoms with E-state index in [1.807, 2.05) is 37.3 Å². The number of carbonyl (C=O) groups is 1. The van der Waals surface area contributed by atoms with Crippen LogP contribution in [-0.2, 0) is 0 Å². The standard InChI is InChI=1S/C21H20N2O2/c1-3-14(4-2)18-12-17(13-19(23-18)20-6-5-11-25-20)15-7-9-16(10-8-15)21(22)24/h3,5-13H,4H2,1-2H3,(H2,22,24)/b14-3+. The largest absolute Gasteiger partial charge is 0.463 e. The summed E-state index contributed by atoms with van der Waals surface area (Å²) in [5.41, 5.74) is 10.7. The summed E-state index contributed by atoms with van der Waals surface area (Å²) in [4.78, 5) is 16.0. The first-order valence-corrected chi connectivity index (χ1v) is 8.24. The van der Waals surface area contributed by atoms with Gasteiger partial charge in [-0.3, -0.25) is 4.79 Å². The Hall–Kier alpha value is -3.14. The number of primary amides is 1. The van der Waals surface area contributed by atoms with Gasteiger partial charge in [0.1, 0.15) is 5.69 Å². The average Bonchev–Trinajstić information content (AvgIpc) is 3.17. The predicted octanol–water partition coefficient (Wildman–Crippen LogP) is 4.92. The number of aromatic nitrogens is 1. The van der Waals surface area contributed by atoms with Crippen molar-refractivity contribution in [3.8, 4) is 22.6 Å². The summed E-state index contributed by atoms with van der Waals surface area (Å²) in [7, 11) is 0. The lowest BCUT2D eigenvalue weighted by Gasteiger charge is -2.10. The van der Waals surface area contributed by atoms with Gasteiger partial charge in [0.15, 0.2) is 5.76 Å². The van der Waals surface area contributed by atoms with Gasteiger partial charge in [0, 0.05) is 5.56 Å². The molecule has 0 atom stereocenters. The van der Waals surface area contributed by atoms with Crippen LogP contribution >= 0.6 is 0 Å². The minimum absolute atomic E-state index is 0.430. The molecule has 126 valence electrons. The van der Waals surface area contributed by atoms with Crippen LogP contribution in [0.3, 0.4) is 0 Å². The van der Waals surface area contributed by atoms with Crippen molar-refractivity contribution in [2.45, 2.75) is 20.3 Å². The quantitative estimate of drug-likeness (QED) is 0.721. The number of furan rings is 1. The summed E-state index contributed by atoms with van der Waals surface area (Å²) in [5, 5.41) is 0. The number of nitrogens with two attached hydrogens (primary N) is 1. The molecule has 0 radical (unpaired) electrons. The molecule has 0 bridgehead atoms.